The summed E-state index contributed by atoms with van der Waals surface area (Å²) >= 11 is 0. The quantitative estimate of drug-likeness (QED) is 0.888. The second-order valence-corrected chi connectivity index (χ2v) is 5.53. The first-order valence-electron chi connectivity index (χ1n) is 7.30. The molecule has 1 unspecified atom stereocenters. The topological polar surface area (TPSA) is 70.7 Å². The van der Waals surface area contributed by atoms with Crippen molar-refractivity contribution < 1.29 is 4.79 Å². The number of carbonyl (C=O) groups is 1. The summed E-state index contributed by atoms with van der Waals surface area (Å²) in [5.41, 5.74) is 2.39. The van der Waals surface area contributed by atoms with E-state index in [9.17, 15) is 4.79 Å². The Morgan fingerprint density at radius 2 is 1.95 bits per heavy atom. The molecule has 1 amide bonds. The molecule has 21 heavy (non-hydrogen) atoms. The minimum atomic E-state index is -0.252. The molecule has 0 saturated carbocycles. The van der Waals surface area contributed by atoms with Crippen LogP contribution in [0.15, 0.2) is 24.3 Å². The number of hydrogen-bond donors (Lipinski definition) is 2. The second-order valence-electron chi connectivity index (χ2n) is 5.53. The van der Waals surface area contributed by atoms with Gasteiger partial charge in [-0.3, -0.25) is 9.89 Å². The average Bonchev–Trinajstić information content (AvgIpc) is 2.91. The molecule has 1 aromatic carbocycles. The monoisotopic (exact) mass is 286 g/mol. The lowest BCUT2D eigenvalue weighted by molar-refractivity contribution is 0.0915. The van der Waals surface area contributed by atoms with Crippen molar-refractivity contribution in [1.29, 1.82) is 0 Å². The fourth-order valence-corrected chi connectivity index (χ4v) is 2.25. The van der Waals surface area contributed by atoms with E-state index in [0.29, 0.717) is 5.82 Å². The van der Waals surface area contributed by atoms with E-state index in [0.717, 1.165) is 12.0 Å². The Labute approximate surface area is 125 Å². The van der Waals surface area contributed by atoms with E-state index in [2.05, 4.69) is 65.5 Å². The molecule has 0 aliphatic carbocycles. The number of rotatable bonds is 5. The van der Waals surface area contributed by atoms with Gasteiger partial charge in [0.15, 0.2) is 0 Å². The zero-order valence-corrected chi connectivity index (χ0v) is 13.0. The Kier molecular flexibility index (Phi) is 4.73. The van der Waals surface area contributed by atoms with Crippen molar-refractivity contribution >= 4 is 5.91 Å². The van der Waals surface area contributed by atoms with Gasteiger partial charge in [-0.15, -0.1) is 5.10 Å². The van der Waals surface area contributed by atoms with Crippen LogP contribution in [-0.2, 0) is 6.42 Å². The van der Waals surface area contributed by atoms with E-state index in [4.69, 9.17) is 0 Å². The van der Waals surface area contributed by atoms with Gasteiger partial charge in [-0.1, -0.05) is 45.0 Å². The minimum Gasteiger partial charge on any atom is -0.342 e. The van der Waals surface area contributed by atoms with Crippen LogP contribution in [0.1, 0.15) is 54.4 Å². The summed E-state index contributed by atoms with van der Waals surface area (Å²) in [6.07, 6.45) is 1.01. The number of amides is 1. The summed E-state index contributed by atoms with van der Waals surface area (Å²) in [7, 11) is 0. The van der Waals surface area contributed by atoms with Crippen LogP contribution in [0.2, 0.25) is 0 Å². The first-order chi connectivity index (χ1) is 10.0. The molecule has 112 valence electrons. The number of aromatic amines is 1. The molecular formula is C16H22N4O. The fraction of sp³-hybridized carbons (Fsp3) is 0.438. The van der Waals surface area contributed by atoms with E-state index >= 15 is 0 Å². The normalized spacial score (nSPS) is 12.4. The standard InChI is InChI=1S/C16H22N4O/c1-5-12-6-8-13(9-7-12)14(10(2)3)18-16(21)15-17-11(4)19-20-15/h6-10,14H,5H2,1-4H3,(H,18,21)(H,17,19,20). The molecule has 0 saturated heterocycles. The Hall–Kier alpha value is -2.17. The van der Waals surface area contributed by atoms with Crippen molar-refractivity contribution in [2.45, 2.75) is 40.2 Å². The molecule has 1 heterocycles. The summed E-state index contributed by atoms with van der Waals surface area (Å²) in [6, 6.07) is 8.31. The number of benzene rings is 1. The van der Waals surface area contributed by atoms with E-state index in [1.165, 1.54) is 5.56 Å². The van der Waals surface area contributed by atoms with Crippen molar-refractivity contribution in [2.24, 2.45) is 5.92 Å². The van der Waals surface area contributed by atoms with Gasteiger partial charge in [0, 0.05) is 0 Å². The Morgan fingerprint density at radius 1 is 1.29 bits per heavy atom. The third-order valence-electron chi connectivity index (χ3n) is 3.50. The molecule has 0 bridgehead atoms. The van der Waals surface area contributed by atoms with Gasteiger partial charge in [-0.2, -0.15) is 0 Å². The van der Waals surface area contributed by atoms with Crippen LogP contribution < -0.4 is 5.32 Å². The maximum absolute atomic E-state index is 12.2. The third-order valence-corrected chi connectivity index (χ3v) is 3.50. The van der Waals surface area contributed by atoms with Gasteiger partial charge in [0.2, 0.25) is 5.82 Å². The van der Waals surface area contributed by atoms with Crippen LogP contribution in [0.3, 0.4) is 0 Å². The van der Waals surface area contributed by atoms with E-state index in [-0.39, 0.29) is 23.7 Å². The van der Waals surface area contributed by atoms with Crippen molar-refractivity contribution in [1.82, 2.24) is 20.5 Å². The van der Waals surface area contributed by atoms with Crippen molar-refractivity contribution in [3.8, 4) is 0 Å². The van der Waals surface area contributed by atoms with Gasteiger partial charge in [0.05, 0.1) is 6.04 Å². The average molecular weight is 286 g/mol. The van der Waals surface area contributed by atoms with Crippen LogP contribution in [0.5, 0.6) is 0 Å². The van der Waals surface area contributed by atoms with Crippen LogP contribution in [-0.4, -0.2) is 21.1 Å². The Morgan fingerprint density at radius 3 is 2.43 bits per heavy atom. The molecule has 2 aromatic rings. The van der Waals surface area contributed by atoms with Crippen LogP contribution in [0.4, 0.5) is 0 Å². The number of H-pyrrole nitrogens is 1. The number of hydrogen-bond acceptors (Lipinski definition) is 3. The first kappa shape index (κ1) is 15.2. The Balaban J connectivity index is 2.16. The summed E-state index contributed by atoms with van der Waals surface area (Å²) in [5, 5.41) is 9.60. The summed E-state index contributed by atoms with van der Waals surface area (Å²) in [4.78, 5) is 16.3. The summed E-state index contributed by atoms with van der Waals surface area (Å²) in [6.45, 7) is 8.07. The molecule has 0 fully saturated rings. The minimum absolute atomic E-state index is 0.0535. The highest BCUT2D eigenvalue weighted by Gasteiger charge is 2.21. The van der Waals surface area contributed by atoms with Gasteiger partial charge in [-0.25, -0.2) is 4.98 Å². The molecule has 5 heteroatoms. The first-order valence-corrected chi connectivity index (χ1v) is 7.30. The summed E-state index contributed by atoms with van der Waals surface area (Å²) in [5.74, 6) is 0.843. The van der Waals surface area contributed by atoms with Gasteiger partial charge < -0.3 is 5.32 Å². The summed E-state index contributed by atoms with van der Waals surface area (Å²) < 4.78 is 0. The molecule has 0 aliphatic heterocycles. The number of nitrogens with zero attached hydrogens (tertiary/aromatic N) is 2. The molecule has 5 nitrogen and oxygen atoms in total. The SMILES string of the molecule is CCc1ccc(C(NC(=O)c2n[nH]c(C)n2)C(C)C)cc1. The van der Waals surface area contributed by atoms with Crippen LogP contribution in [0, 0.1) is 12.8 Å². The largest absolute Gasteiger partial charge is 0.342 e. The number of nitrogens with one attached hydrogen (secondary N) is 2. The highest BCUT2D eigenvalue weighted by Crippen LogP contribution is 2.22. The smallest absolute Gasteiger partial charge is 0.291 e. The maximum Gasteiger partial charge on any atom is 0.291 e. The zero-order valence-electron chi connectivity index (χ0n) is 13.0. The van der Waals surface area contributed by atoms with E-state index in [1.54, 1.807) is 6.92 Å². The van der Waals surface area contributed by atoms with Crippen molar-refractivity contribution in [3.63, 3.8) is 0 Å². The highest BCUT2D eigenvalue weighted by atomic mass is 16.2. The molecule has 1 aromatic heterocycles. The van der Waals surface area contributed by atoms with Gasteiger partial charge >= 0.3 is 0 Å². The van der Waals surface area contributed by atoms with E-state index < -0.39 is 0 Å². The second kappa shape index (κ2) is 6.52. The number of aromatic nitrogens is 3. The molecule has 2 rings (SSSR count). The van der Waals surface area contributed by atoms with Gasteiger partial charge in [-0.05, 0) is 30.4 Å². The Bertz CT molecular complexity index is 601. The predicted molar refractivity (Wildman–Crippen MR) is 82.0 cm³/mol. The molecular weight excluding hydrogens is 264 g/mol. The lowest BCUT2D eigenvalue weighted by Crippen LogP contribution is -2.32. The molecule has 0 radical (unpaired) electrons. The maximum atomic E-state index is 12.2. The number of aryl methyl sites for hydroxylation is 2. The highest BCUT2D eigenvalue weighted by molar-refractivity contribution is 5.90. The van der Waals surface area contributed by atoms with E-state index in [1.807, 2.05) is 0 Å². The van der Waals surface area contributed by atoms with Crippen molar-refractivity contribution in [3.05, 3.63) is 47.0 Å². The van der Waals surface area contributed by atoms with Crippen LogP contribution in [0.25, 0.3) is 0 Å². The molecule has 1 atom stereocenters. The van der Waals surface area contributed by atoms with Crippen molar-refractivity contribution in [2.75, 3.05) is 0 Å². The molecule has 0 spiro atoms. The fourth-order valence-electron chi connectivity index (χ4n) is 2.25. The third kappa shape index (κ3) is 3.68. The predicted octanol–water partition coefficient (Wildman–Crippen LogP) is 2.80. The van der Waals surface area contributed by atoms with Gasteiger partial charge in [0.1, 0.15) is 5.82 Å². The molecule has 0 aliphatic rings. The lowest BCUT2D eigenvalue weighted by atomic mass is 9.95. The molecule has 2 N–H and O–H groups in total. The zero-order chi connectivity index (χ0) is 15.4. The lowest BCUT2D eigenvalue weighted by Gasteiger charge is -2.22. The number of carbonyl (C=O) groups excluding carboxylic acids is 1. The van der Waals surface area contributed by atoms with Gasteiger partial charge in [0.25, 0.3) is 5.91 Å². The van der Waals surface area contributed by atoms with Crippen LogP contribution >= 0.6 is 0 Å².